The highest BCUT2D eigenvalue weighted by Gasteiger charge is 2.19. The summed E-state index contributed by atoms with van der Waals surface area (Å²) in [7, 11) is 0. The zero-order valence-electron chi connectivity index (χ0n) is 25.6. The van der Waals surface area contributed by atoms with Gasteiger partial charge in [-0.3, -0.25) is 9.55 Å². The maximum Gasteiger partial charge on any atom is 0.145 e. The lowest BCUT2D eigenvalue weighted by atomic mass is 9.85. The van der Waals surface area contributed by atoms with Gasteiger partial charge in [-0.15, -0.1) is 0 Å². The van der Waals surface area contributed by atoms with Crippen molar-refractivity contribution in [1.82, 2.24) is 14.5 Å². The molecule has 0 amide bonds. The van der Waals surface area contributed by atoms with Crippen LogP contribution < -0.4 is 0 Å². The molecule has 2 aromatic heterocycles. The Labute approximate surface area is 273 Å². The Balaban J connectivity index is 1.29. The highest BCUT2D eigenvalue weighted by molar-refractivity contribution is 6.21. The topological polar surface area (TPSA) is 30.7 Å². The van der Waals surface area contributed by atoms with Crippen LogP contribution in [0.2, 0.25) is 0 Å². The summed E-state index contributed by atoms with van der Waals surface area (Å²) in [6.45, 7) is 0. The second kappa shape index (κ2) is 11.2. The number of hydrogen-bond acceptors (Lipinski definition) is 2. The van der Waals surface area contributed by atoms with E-state index in [0.29, 0.717) is 0 Å². The largest absolute Gasteiger partial charge is 0.292 e. The summed E-state index contributed by atoms with van der Waals surface area (Å²) in [6, 6.07) is 58.4. The number of imidazole rings is 1. The van der Waals surface area contributed by atoms with Crippen LogP contribution >= 0.6 is 0 Å². The van der Waals surface area contributed by atoms with Gasteiger partial charge in [0.1, 0.15) is 5.82 Å². The van der Waals surface area contributed by atoms with Crippen LogP contribution in [0.3, 0.4) is 0 Å². The Bertz CT molecular complexity index is 2510. The van der Waals surface area contributed by atoms with E-state index in [-0.39, 0.29) is 0 Å². The van der Waals surface area contributed by atoms with E-state index in [2.05, 4.69) is 167 Å². The average molecular weight is 600 g/mol. The van der Waals surface area contributed by atoms with Crippen LogP contribution in [0.15, 0.2) is 176 Å². The lowest BCUT2D eigenvalue weighted by molar-refractivity contribution is 1.10. The third kappa shape index (κ3) is 4.60. The minimum atomic E-state index is 0.933. The van der Waals surface area contributed by atoms with Crippen LogP contribution in [0.1, 0.15) is 0 Å². The fraction of sp³-hybridized carbons (Fsp3) is 0. The van der Waals surface area contributed by atoms with Crippen LogP contribution in [-0.2, 0) is 0 Å². The number of pyridine rings is 1. The molecule has 0 unspecified atom stereocenters. The molecular weight excluding hydrogens is 571 g/mol. The summed E-state index contributed by atoms with van der Waals surface area (Å²) < 4.78 is 2.29. The van der Waals surface area contributed by atoms with Crippen molar-refractivity contribution in [2.24, 2.45) is 0 Å². The first kappa shape index (κ1) is 27.0. The number of benzene rings is 7. The molecule has 0 N–H and O–H groups in total. The van der Waals surface area contributed by atoms with Crippen molar-refractivity contribution in [1.29, 1.82) is 0 Å². The zero-order valence-corrected chi connectivity index (χ0v) is 25.6. The van der Waals surface area contributed by atoms with Crippen LogP contribution in [-0.4, -0.2) is 14.5 Å². The van der Waals surface area contributed by atoms with Gasteiger partial charge in [0.15, 0.2) is 0 Å². The number of rotatable bonds is 5. The number of para-hydroxylation sites is 2. The molecule has 7 aromatic carbocycles. The molecule has 3 heteroatoms. The van der Waals surface area contributed by atoms with Crippen LogP contribution in [0, 0.1) is 0 Å². The molecule has 0 bridgehead atoms. The van der Waals surface area contributed by atoms with Crippen molar-refractivity contribution in [3.8, 4) is 50.5 Å². The monoisotopic (exact) mass is 599 g/mol. The normalized spacial score (nSPS) is 11.4. The average Bonchev–Trinajstić information content (AvgIpc) is 3.54. The van der Waals surface area contributed by atoms with E-state index in [1.54, 1.807) is 0 Å². The van der Waals surface area contributed by atoms with Crippen molar-refractivity contribution in [2.75, 3.05) is 0 Å². The Hall–Kier alpha value is -6.32. The first-order chi connectivity index (χ1) is 23.3. The van der Waals surface area contributed by atoms with Gasteiger partial charge in [0.25, 0.3) is 0 Å². The summed E-state index contributed by atoms with van der Waals surface area (Å²) in [5, 5.41) is 4.92. The maximum absolute atomic E-state index is 5.10. The first-order valence-electron chi connectivity index (χ1n) is 15.9. The molecule has 0 spiro atoms. The molecule has 47 heavy (non-hydrogen) atoms. The fourth-order valence-corrected chi connectivity index (χ4v) is 7.02. The second-order valence-corrected chi connectivity index (χ2v) is 11.8. The zero-order chi connectivity index (χ0) is 31.2. The van der Waals surface area contributed by atoms with E-state index in [1.807, 2.05) is 18.5 Å². The molecule has 9 rings (SSSR count). The molecule has 2 heterocycles. The Morgan fingerprint density at radius 2 is 0.915 bits per heavy atom. The predicted octanol–water partition coefficient (Wildman–Crippen LogP) is 11.4. The Kier molecular flexibility index (Phi) is 6.46. The summed E-state index contributed by atoms with van der Waals surface area (Å²) in [4.78, 5) is 9.32. The van der Waals surface area contributed by atoms with Gasteiger partial charge in [-0.05, 0) is 97.4 Å². The number of aromatic nitrogens is 3. The van der Waals surface area contributed by atoms with E-state index in [9.17, 15) is 0 Å². The lowest BCUT2D eigenvalue weighted by Crippen LogP contribution is -1.98. The van der Waals surface area contributed by atoms with E-state index in [4.69, 9.17) is 4.98 Å². The molecule has 3 nitrogen and oxygen atoms in total. The number of nitrogens with zero attached hydrogens (tertiary/aromatic N) is 3. The van der Waals surface area contributed by atoms with Crippen LogP contribution in [0.4, 0.5) is 0 Å². The van der Waals surface area contributed by atoms with Crippen molar-refractivity contribution in [3.05, 3.63) is 176 Å². The summed E-state index contributed by atoms with van der Waals surface area (Å²) in [5.74, 6) is 0.933. The lowest BCUT2D eigenvalue weighted by Gasteiger charge is -2.19. The minimum Gasteiger partial charge on any atom is -0.292 e. The van der Waals surface area contributed by atoms with E-state index < -0.39 is 0 Å². The number of hydrogen-bond donors (Lipinski definition) is 0. The maximum atomic E-state index is 5.10. The van der Waals surface area contributed by atoms with E-state index >= 15 is 0 Å². The van der Waals surface area contributed by atoms with Gasteiger partial charge in [0.05, 0.1) is 11.0 Å². The Morgan fingerprint density at radius 1 is 0.383 bits per heavy atom. The summed E-state index contributed by atoms with van der Waals surface area (Å²) in [5.41, 5.74) is 11.4. The standard InChI is InChI=1S/C44H29N3/c1-2-12-31(13-3-1)44-46-40-22-8-9-23-41(40)47(44)35-17-11-16-34(29-35)43-38-20-6-4-18-36(38)42(37-19-5-7-21-39(37)43)33-15-10-14-32(28-33)30-24-26-45-27-25-30/h1-29H. The highest BCUT2D eigenvalue weighted by Crippen LogP contribution is 2.44. The van der Waals surface area contributed by atoms with Crippen LogP contribution in [0.25, 0.3) is 83.0 Å². The molecule has 0 aliphatic rings. The van der Waals surface area contributed by atoms with Gasteiger partial charge in [-0.1, -0.05) is 121 Å². The van der Waals surface area contributed by atoms with E-state index in [0.717, 1.165) is 33.7 Å². The molecule has 0 aliphatic carbocycles. The van der Waals surface area contributed by atoms with Crippen molar-refractivity contribution >= 4 is 32.6 Å². The van der Waals surface area contributed by atoms with Crippen molar-refractivity contribution in [2.45, 2.75) is 0 Å². The predicted molar refractivity (Wildman–Crippen MR) is 196 cm³/mol. The number of fused-ring (bicyclic) bond motifs is 3. The fourth-order valence-electron chi connectivity index (χ4n) is 7.02. The molecule has 0 fully saturated rings. The summed E-state index contributed by atoms with van der Waals surface area (Å²) in [6.07, 6.45) is 3.70. The molecular formula is C44H29N3. The first-order valence-corrected chi connectivity index (χ1v) is 15.9. The van der Waals surface area contributed by atoms with Crippen molar-refractivity contribution < 1.29 is 0 Å². The molecule has 0 radical (unpaired) electrons. The van der Waals surface area contributed by atoms with Crippen molar-refractivity contribution in [3.63, 3.8) is 0 Å². The van der Waals surface area contributed by atoms with Gasteiger partial charge in [0, 0.05) is 23.6 Å². The van der Waals surface area contributed by atoms with E-state index in [1.165, 1.54) is 49.4 Å². The highest BCUT2D eigenvalue weighted by atomic mass is 15.1. The molecule has 0 saturated carbocycles. The molecule has 9 aromatic rings. The van der Waals surface area contributed by atoms with Gasteiger partial charge >= 0.3 is 0 Å². The Morgan fingerprint density at radius 3 is 1.60 bits per heavy atom. The molecule has 0 saturated heterocycles. The smallest absolute Gasteiger partial charge is 0.145 e. The molecule has 0 aliphatic heterocycles. The quantitative estimate of drug-likeness (QED) is 0.184. The summed E-state index contributed by atoms with van der Waals surface area (Å²) >= 11 is 0. The SMILES string of the molecule is c1ccc(-c2nc3ccccc3n2-c2cccc(-c3c4ccccc4c(-c4cccc(-c5ccncc5)c4)c4ccccc34)c2)cc1. The van der Waals surface area contributed by atoms with Gasteiger partial charge in [0.2, 0.25) is 0 Å². The second-order valence-electron chi connectivity index (χ2n) is 11.8. The molecule has 220 valence electrons. The van der Waals surface area contributed by atoms with Crippen LogP contribution in [0.5, 0.6) is 0 Å². The third-order valence-corrected chi connectivity index (χ3v) is 9.08. The minimum absolute atomic E-state index is 0.933. The van der Waals surface area contributed by atoms with Gasteiger partial charge in [-0.2, -0.15) is 0 Å². The third-order valence-electron chi connectivity index (χ3n) is 9.08. The molecule has 0 atom stereocenters. The van der Waals surface area contributed by atoms with Gasteiger partial charge in [-0.25, -0.2) is 4.98 Å². The van der Waals surface area contributed by atoms with Gasteiger partial charge < -0.3 is 0 Å².